The second kappa shape index (κ2) is 3.68. The van der Waals surface area contributed by atoms with Crippen LogP contribution in [-0.4, -0.2) is 5.91 Å². The molecule has 0 spiro atoms. The van der Waals surface area contributed by atoms with Gasteiger partial charge in [-0.1, -0.05) is 13.8 Å². The van der Waals surface area contributed by atoms with Gasteiger partial charge in [0.25, 0.3) is 0 Å². The summed E-state index contributed by atoms with van der Waals surface area (Å²) in [6.45, 7) is 3.93. The van der Waals surface area contributed by atoms with E-state index >= 15 is 0 Å². The topological polar surface area (TPSA) is 55.1 Å². The molecule has 1 aliphatic carbocycles. The molecule has 0 aromatic heterocycles. The van der Waals surface area contributed by atoms with Crippen LogP contribution in [0.3, 0.4) is 0 Å². The first-order valence-corrected chi connectivity index (χ1v) is 5.36. The van der Waals surface area contributed by atoms with Crippen molar-refractivity contribution < 1.29 is 13.6 Å². The second-order valence-corrected chi connectivity index (χ2v) is 5.09. The number of carbonyl (C=O) groups excluding carboxylic acids is 1. The van der Waals surface area contributed by atoms with E-state index in [1.165, 1.54) is 0 Å². The van der Waals surface area contributed by atoms with Crippen molar-refractivity contribution in [3.63, 3.8) is 0 Å². The first-order chi connectivity index (χ1) is 7.81. The average molecular weight is 240 g/mol. The van der Waals surface area contributed by atoms with Crippen LogP contribution in [0.5, 0.6) is 0 Å². The Labute approximate surface area is 98.0 Å². The summed E-state index contributed by atoms with van der Waals surface area (Å²) in [4.78, 5) is 11.7. The third kappa shape index (κ3) is 2.23. The lowest BCUT2D eigenvalue weighted by Gasteiger charge is -2.08. The molecule has 92 valence electrons. The summed E-state index contributed by atoms with van der Waals surface area (Å²) in [6, 6.07) is 1.76. The summed E-state index contributed by atoms with van der Waals surface area (Å²) in [6.07, 6.45) is 0.775. The number of halogens is 2. The minimum Gasteiger partial charge on any atom is -0.396 e. The van der Waals surface area contributed by atoms with E-state index in [-0.39, 0.29) is 28.6 Å². The smallest absolute Gasteiger partial charge is 0.228 e. The van der Waals surface area contributed by atoms with Crippen molar-refractivity contribution in [1.29, 1.82) is 0 Å². The van der Waals surface area contributed by atoms with Crippen molar-refractivity contribution in [3.05, 3.63) is 23.8 Å². The Morgan fingerprint density at radius 3 is 2.53 bits per heavy atom. The predicted molar refractivity (Wildman–Crippen MR) is 61.3 cm³/mol. The molecule has 17 heavy (non-hydrogen) atoms. The molecule has 1 aromatic carbocycles. The van der Waals surface area contributed by atoms with E-state index in [9.17, 15) is 13.6 Å². The summed E-state index contributed by atoms with van der Waals surface area (Å²) in [5.74, 6) is -2.01. The first kappa shape index (κ1) is 11.8. The minimum atomic E-state index is -0.827. The van der Waals surface area contributed by atoms with E-state index in [4.69, 9.17) is 5.73 Å². The number of nitrogen functional groups attached to an aromatic ring is 1. The van der Waals surface area contributed by atoms with E-state index in [0.29, 0.717) is 6.07 Å². The van der Waals surface area contributed by atoms with E-state index in [0.717, 1.165) is 12.5 Å². The van der Waals surface area contributed by atoms with Crippen molar-refractivity contribution in [3.8, 4) is 0 Å². The average Bonchev–Trinajstić information content (AvgIpc) is 2.84. The molecule has 5 heteroatoms. The lowest BCUT2D eigenvalue weighted by molar-refractivity contribution is -0.118. The van der Waals surface area contributed by atoms with E-state index in [1.54, 1.807) is 0 Å². The van der Waals surface area contributed by atoms with Crippen molar-refractivity contribution in [2.45, 2.75) is 20.3 Å². The fourth-order valence-electron chi connectivity index (χ4n) is 1.80. The van der Waals surface area contributed by atoms with Crippen molar-refractivity contribution in [2.75, 3.05) is 11.1 Å². The number of hydrogen-bond donors (Lipinski definition) is 2. The Morgan fingerprint density at radius 2 is 2.00 bits per heavy atom. The first-order valence-electron chi connectivity index (χ1n) is 5.36. The number of nitrogens with two attached hydrogens (primary N) is 1. The molecule has 2 rings (SSSR count). The minimum absolute atomic E-state index is 0.0356. The van der Waals surface area contributed by atoms with Gasteiger partial charge in [0.2, 0.25) is 5.91 Å². The zero-order valence-electron chi connectivity index (χ0n) is 9.68. The summed E-state index contributed by atoms with van der Waals surface area (Å²) in [7, 11) is 0. The Morgan fingerprint density at radius 1 is 1.41 bits per heavy atom. The number of rotatable bonds is 2. The van der Waals surface area contributed by atoms with Crippen LogP contribution in [0.15, 0.2) is 12.1 Å². The quantitative estimate of drug-likeness (QED) is 0.780. The van der Waals surface area contributed by atoms with Gasteiger partial charge in [-0.05, 0) is 17.9 Å². The second-order valence-electron chi connectivity index (χ2n) is 5.09. The predicted octanol–water partition coefficient (Wildman–Crippen LogP) is 2.53. The van der Waals surface area contributed by atoms with Crippen molar-refractivity contribution in [1.82, 2.24) is 0 Å². The number of carbonyl (C=O) groups is 1. The highest BCUT2D eigenvalue weighted by Gasteiger charge is 2.50. The van der Waals surface area contributed by atoms with Crippen LogP contribution in [-0.2, 0) is 4.79 Å². The Balaban J connectivity index is 2.14. The standard InChI is InChI=1S/C12H14F2N2O/c1-12(2)5-6(12)11(17)16-10-4-9(15)7(13)3-8(10)14/h3-4,6H,5,15H2,1-2H3,(H,16,17). The summed E-state index contributed by atoms with van der Waals surface area (Å²) in [5.41, 5.74) is 5.03. The van der Waals surface area contributed by atoms with Gasteiger partial charge in [-0.2, -0.15) is 0 Å². The van der Waals surface area contributed by atoms with Crippen molar-refractivity contribution in [2.24, 2.45) is 11.3 Å². The van der Waals surface area contributed by atoms with Gasteiger partial charge in [0.15, 0.2) is 0 Å². The highest BCUT2D eigenvalue weighted by Crippen LogP contribution is 2.52. The molecule has 0 saturated heterocycles. The highest BCUT2D eigenvalue weighted by molar-refractivity contribution is 5.95. The zero-order valence-corrected chi connectivity index (χ0v) is 9.68. The van der Waals surface area contributed by atoms with Gasteiger partial charge in [-0.15, -0.1) is 0 Å². The molecule has 1 aliphatic rings. The molecule has 0 heterocycles. The maximum Gasteiger partial charge on any atom is 0.228 e. The number of benzene rings is 1. The van der Waals surface area contributed by atoms with Gasteiger partial charge in [0.1, 0.15) is 11.6 Å². The third-order valence-corrected chi connectivity index (χ3v) is 3.17. The molecule has 1 atom stereocenters. The van der Waals surface area contributed by atoms with E-state index in [2.05, 4.69) is 5.32 Å². The lowest BCUT2D eigenvalue weighted by Crippen LogP contribution is -2.17. The maximum atomic E-state index is 13.4. The molecule has 0 bridgehead atoms. The Kier molecular flexibility index (Phi) is 2.56. The van der Waals surface area contributed by atoms with Crippen molar-refractivity contribution >= 4 is 17.3 Å². The van der Waals surface area contributed by atoms with E-state index < -0.39 is 11.6 Å². The molecule has 1 fully saturated rings. The fourth-order valence-corrected chi connectivity index (χ4v) is 1.80. The van der Waals surface area contributed by atoms with Crippen LogP contribution in [0.1, 0.15) is 20.3 Å². The summed E-state index contributed by atoms with van der Waals surface area (Å²) >= 11 is 0. The maximum absolute atomic E-state index is 13.4. The van der Waals surface area contributed by atoms with Gasteiger partial charge in [-0.3, -0.25) is 4.79 Å². The molecule has 1 saturated carbocycles. The molecular formula is C12H14F2N2O. The molecule has 3 N–H and O–H groups in total. The molecule has 0 radical (unpaired) electrons. The normalized spacial score (nSPS) is 21.1. The zero-order chi connectivity index (χ0) is 12.8. The van der Waals surface area contributed by atoms with Crippen LogP contribution in [0.4, 0.5) is 20.2 Å². The molecule has 1 unspecified atom stereocenters. The molecular weight excluding hydrogens is 226 g/mol. The summed E-state index contributed by atoms with van der Waals surface area (Å²) in [5, 5.41) is 2.44. The molecule has 1 aromatic rings. The van der Waals surface area contributed by atoms with Crippen LogP contribution in [0.25, 0.3) is 0 Å². The monoisotopic (exact) mass is 240 g/mol. The van der Waals surface area contributed by atoms with Gasteiger partial charge in [0.05, 0.1) is 11.4 Å². The van der Waals surface area contributed by atoms with Crippen LogP contribution in [0.2, 0.25) is 0 Å². The number of nitrogens with one attached hydrogen (secondary N) is 1. The van der Waals surface area contributed by atoms with Crippen LogP contribution in [0, 0.1) is 23.0 Å². The third-order valence-electron chi connectivity index (χ3n) is 3.17. The van der Waals surface area contributed by atoms with Gasteiger partial charge in [0, 0.05) is 12.0 Å². The van der Waals surface area contributed by atoms with Crippen LogP contribution < -0.4 is 11.1 Å². The fraction of sp³-hybridized carbons (Fsp3) is 0.417. The largest absolute Gasteiger partial charge is 0.396 e. The van der Waals surface area contributed by atoms with Gasteiger partial charge in [-0.25, -0.2) is 8.78 Å². The SMILES string of the molecule is CC1(C)CC1C(=O)Nc1cc(N)c(F)cc1F. The number of amides is 1. The van der Waals surface area contributed by atoms with Crippen LogP contribution >= 0.6 is 0 Å². The molecule has 3 nitrogen and oxygen atoms in total. The van der Waals surface area contributed by atoms with E-state index in [1.807, 2.05) is 13.8 Å². The Bertz CT molecular complexity index is 486. The molecule has 0 aliphatic heterocycles. The summed E-state index contributed by atoms with van der Waals surface area (Å²) < 4.78 is 26.3. The number of anilines is 2. The highest BCUT2D eigenvalue weighted by atomic mass is 19.1. The van der Waals surface area contributed by atoms with Gasteiger partial charge < -0.3 is 11.1 Å². The lowest BCUT2D eigenvalue weighted by atomic mass is 10.1. The van der Waals surface area contributed by atoms with Gasteiger partial charge >= 0.3 is 0 Å². The Hall–Kier alpha value is -1.65. The molecule has 1 amide bonds. The number of hydrogen-bond acceptors (Lipinski definition) is 2.